The van der Waals surface area contributed by atoms with Gasteiger partial charge in [0.05, 0.1) is 0 Å². The summed E-state index contributed by atoms with van der Waals surface area (Å²) < 4.78 is 0. The summed E-state index contributed by atoms with van der Waals surface area (Å²) in [5.41, 5.74) is 6.89. The molecule has 2 aliphatic rings. The highest BCUT2D eigenvalue weighted by Gasteiger charge is 2.24. The van der Waals surface area contributed by atoms with Crippen LogP contribution in [0.4, 0.5) is 11.4 Å². The molecule has 4 nitrogen and oxygen atoms in total. The van der Waals surface area contributed by atoms with Crippen molar-refractivity contribution in [3.05, 3.63) is 58.7 Å². The van der Waals surface area contributed by atoms with Crippen molar-refractivity contribution in [2.45, 2.75) is 12.8 Å². The summed E-state index contributed by atoms with van der Waals surface area (Å²) in [7, 11) is 0. The Morgan fingerprint density at radius 2 is 1.85 bits per heavy atom. The van der Waals surface area contributed by atoms with E-state index in [1.165, 1.54) is 27.9 Å². The molecule has 0 unspecified atom stereocenters. The third-order valence-electron chi connectivity index (χ3n) is 5.94. The zero-order valence-corrected chi connectivity index (χ0v) is 16.2. The molecule has 2 N–H and O–H groups in total. The summed E-state index contributed by atoms with van der Waals surface area (Å²) in [6, 6.07) is 12.9. The molecular weight excluding hydrogens is 356 g/mol. The first-order valence-corrected chi connectivity index (χ1v) is 10.3. The van der Waals surface area contributed by atoms with Gasteiger partial charge in [0.1, 0.15) is 0 Å². The van der Waals surface area contributed by atoms with Gasteiger partial charge in [-0.15, -0.1) is 0 Å². The molecule has 2 aliphatic heterocycles. The number of aromatic amines is 1. The average molecular weight is 381 g/mol. The molecule has 1 aromatic heterocycles. The van der Waals surface area contributed by atoms with E-state index in [1.807, 2.05) is 12.1 Å². The molecule has 3 heterocycles. The molecular formula is C22H25ClN4. The zero-order valence-electron chi connectivity index (χ0n) is 15.5. The molecule has 5 heteroatoms. The van der Waals surface area contributed by atoms with Crippen molar-refractivity contribution >= 4 is 33.9 Å². The Bertz CT molecular complexity index is 958. The second kappa shape index (κ2) is 7.10. The van der Waals surface area contributed by atoms with Crippen LogP contribution in [-0.2, 0) is 12.8 Å². The highest BCUT2D eigenvalue weighted by atomic mass is 35.5. The number of H-pyrrole nitrogens is 1. The number of hydrogen-bond acceptors (Lipinski definition) is 3. The maximum Gasteiger partial charge on any atom is 0.0471 e. The molecule has 0 spiro atoms. The number of hydrogen-bond donors (Lipinski definition) is 2. The number of nitrogens with zero attached hydrogens (tertiary/aromatic N) is 2. The molecule has 0 aliphatic carbocycles. The van der Waals surface area contributed by atoms with Crippen molar-refractivity contribution in [1.82, 2.24) is 10.3 Å². The molecule has 0 bridgehead atoms. The summed E-state index contributed by atoms with van der Waals surface area (Å²) >= 11 is 6.11. The van der Waals surface area contributed by atoms with Gasteiger partial charge in [0.2, 0.25) is 0 Å². The molecule has 140 valence electrons. The van der Waals surface area contributed by atoms with Crippen LogP contribution in [0.5, 0.6) is 0 Å². The minimum atomic E-state index is 0.782. The van der Waals surface area contributed by atoms with E-state index >= 15 is 0 Å². The Balaban J connectivity index is 1.35. The Morgan fingerprint density at radius 3 is 2.74 bits per heavy atom. The summed E-state index contributed by atoms with van der Waals surface area (Å²) in [4.78, 5) is 8.46. The molecule has 1 fully saturated rings. The molecule has 0 atom stereocenters. The number of piperazine rings is 1. The number of benzene rings is 2. The van der Waals surface area contributed by atoms with Crippen molar-refractivity contribution in [3.63, 3.8) is 0 Å². The molecule has 0 saturated carbocycles. The van der Waals surface area contributed by atoms with Gasteiger partial charge in [0.15, 0.2) is 0 Å². The molecule has 1 saturated heterocycles. The Morgan fingerprint density at radius 1 is 1.00 bits per heavy atom. The minimum absolute atomic E-state index is 0.782. The maximum atomic E-state index is 6.11. The molecule has 2 aromatic carbocycles. The van der Waals surface area contributed by atoms with Gasteiger partial charge >= 0.3 is 0 Å². The van der Waals surface area contributed by atoms with Gasteiger partial charge in [-0.2, -0.15) is 0 Å². The number of rotatable bonds is 4. The molecule has 0 amide bonds. The van der Waals surface area contributed by atoms with E-state index in [-0.39, 0.29) is 0 Å². The summed E-state index contributed by atoms with van der Waals surface area (Å²) in [6.45, 7) is 6.54. The van der Waals surface area contributed by atoms with Crippen LogP contribution in [0.1, 0.15) is 11.1 Å². The lowest BCUT2D eigenvalue weighted by atomic mass is 10.1. The van der Waals surface area contributed by atoms with Gasteiger partial charge in [-0.25, -0.2) is 0 Å². The maximum absolute atomic E-state index is 6.11. The predicted molar refractivity (Wildman–Crippen MR) is 114 cm³/mol. The van der Waals surface area contributed by atoms with Crippen LogP contribution in [0.15, 0.2) is 42.6 Å². The van der Waals surface area contributed by atoms with Crippen LogP contribution >= 0.6 is 11.6 Å². The van der Waals surface area contributed by atoms with E-state index in [0.717, 1.165) is 62.6 Å². The van der Waals surface area contributed by atoms with Crippen molar-refractivity contribution < 1.29 is 0 Å². The number of fused-ring (bicyclic) bond motifs is 2. The lowest BCUT2D eigenvalue weighted by molar-refractivity contribution is 0.588. The highest BCUT2D eigenvalue weighted by molar-refractivity contribution is 6.31. The van der Waals surface area contributed by atoms with E-state index in [2.05, 4.69) is 50.6 Å². The van der Waals surface area contributed by atoms with Gasteiger partial charge in [0, 0.05) is 78.3 Å². The summed E-state index contributed by atoms with van der Waals surface area (Å²) in [6.07, 6.45) is 4.33. The van der Waals surface area contributed by atoms with Crippen LogP contribution in [0.2, 0.25) is 5.02 Å². The first-order valence-electron chi connectivity index (χ1n) is 9.87. The van der Waals surface area contributed by atoms with E-state index in [9.17, 15) is 0 Å². The topological polar surface area (TPSA) is 34.3 Å². The lowest BCUT2D eigenvalue weighted by Crippen LogP contribution is -2.43. The Kier molecular flexibility index (Phi) is 4.46. The zero-order chi connectivity index (χ0) is 18.2. The van der Waals surface area contributed by atoms with Crippen molar-refractivity contribution in [3.8, 4) is 0 Å². The van der Waals surface area contributed by atoms with Crippen LogP contribution < -0.4 is 15.1 Å². The quantitative estimate of drug-likeness (QED) is 0.721. The monoisotopic (exact) mass is 380 g/mol. The highest BCUT2D eigenvalue weighted by Crippen LogP contribution is 2.36. The standard InChI is InChI=1S/C22H25ClN4/c23-17-4-5-18-16(15-25-20(18)14-17)6-10-26-11-7-19-21(26)2-1-3-22(19)27-12-8-24-9-13-27/h1-5,14-15,24-25H,6-13H2. The van der Waals surface area contributed by atoms with Crippen LogP contribution in [-0.4, -0.2) is 44.3 Å². The molecule has 5 rings (SSSR count). The Hall–Kier alpha value is -2.17. The average Bonchev–Trinajstić information content (AvgIpc) is 3.30. The summed E-state index contributed by atoms with van der Waals surface area (Å²) in [5.74, 6) is 0. The van der Waals surface area contributed by atoms with Crippen LogP contribution in [0.25, 0.3) is 10.9 Å². The summed E-state index contributed by atoms with van der Waals surface area (Å²) in [5, 5.41) is 5.52. The smallest absolute Gasteiger partial charge is 0.0471 e. The van der Waals surface area contributed by atoms with Crippen LogP contribution in [0, 0.1) is 0 Å². The van der Waals surface area contributed by atoms with E-state index in [4.69, 9.17) is 11.6 Å². The van der Waals surface area contributed by atoms with E-state index in [1.54, 1.807) is 0 Å². The minimum Gasteiger partial charge on any atom is -0.371 e. The fourth-order valence-electron chi connectivity index (χ4n) is 4.54. The predicted octanol–water partition coefficient (Wildman–Crippen LogP) is 3.84. The second-order valence-corrected chi connectivity index (χ2v) is 7.94. The third kappa shape index (κ3) is 3.17. The van der Waals surface area contributed by atoms with E-state index in [0.29, 0.717) is 0 Å². The van der Waals surface area contributed by atoms with Crippen LogP contribution in [0.3, 0.4) is 0 Å². The molecule has 0 radical (unpaired) electrons. The number of nitrogens with one attached hydrogen (secondary N) is 2. The second-order valence-electron chi connectivity index (χ2n) is 7.50. The fourth-order valence-corrected chi connectivity index (χ4v) is 4.71. The van der Waals surface area contributed by atoms with Gasteiger partial charge in [-0.05, 0) is 42.7 Å². The molecule has 3 aromatic rings. The van der Waals surface area contributed by atoms with Gasteiger partial charge in [-0.1, -0.05) is 23.7 Å². The van der Waals surface area contributed by atoms with Crippen molar-refractivity contribution in [2.75, 3.05) is 49.1 Å². The number of aromatic nitrogens is 1. The van der Waals surface area contributed by atoms with Gasteiger partial charge in [0.25, 0.3) is 0 Å². The fraction of sp³-hybridized carbons (Fsp3) is 0.364. The first kappa shape index (κ1) is 17.0. The SMILES string of the molecule is Clc1ccc2c(CCN3CCc4c(N5CCNCC5)cccc43)c[nH]c2c1. The van der Waals surface area contributed by atoms with Gasteiger partial charge < -0.3 is 20.1 Å². The normalized spacial score (nSPS) is 16.9. The van der Waals surface area contributed by atoms with Crippen molar-refractivity contribution in [2.24, 2.45) is 0 Å². The van der Waals surface area contributed by atoms with E-state index < -0.39 is 0 Å². The number of halogens is 1. The molecule has 27 heavy (non-hydrogen) atoms. The lowest BCUT2D eigenvalue weighted by Gasteiger charge is -2.31. The largest absolute Gasteiger partial charge is 0.371 e. The first-order chi connectivity index (χ1) is 13.3. The van der Waals surface area contributed by atoms with Crippen molar-refractivity contribution in [1.29, 1.82) is 0 Å². The third-order valence-corrected chi connectivity index (χ3v) is 6.17. The Labute approximate surface area is 165 Å². The van der Waals surface area contributed by atoms with Gasteiger partial charge in [-0.3, -0.25) is 0 Å². The number of anilines is 2.